The first-order valence-corrected chi connectivity index (χ1v) is 10.7. The zero-order valence-corrected chi connectivity index (χ0v) is 18.4. The smallest absolute Gasteiger partial charge is 0.191 e. The number of benzene rings is 2. The van der Waals surface area contributed by atoms with Gasteiger partial charge in [0, 0.05) is 20.1 Å². The summed E-state index contributed by atoms with van der Waals surface area (Å²) in [6.07, 6.45) is 3.46. The molecule has 0 spiro atoms. The SMILES string of the molecule is CN=C(NCCc1ccc(OC)cc1)NCC(c1ccc(OC)cc1)N1CCCC1. The van der Waals surface area contributed by atoms with Crippen LogP contribution >= 0.6 is 0 Å². The molecule has 0 aromatic heterocycles. The van der Waals surface area contributed by atoms with Gasteiger partial charge in [0.2, 0.25) is 0 Å². The Morgan fingerprint density at radius 2 is 1.53 bits per heavy atom. The molecule has 1 saturated heterocycles. The number of aliphatic imine (C=N–C) groups is 1. The topological polar surface area (TPSA) is 58.1 Å². The summed E-state index contributed by atoms with van der Waals surface area (Å²) in [5.74, 6) is 2.61. The molecule has 2 N–H and O–H groups in total. The Morgan fingerprint density at radius 3 is 2.10 bits per heavy atom. The Labute approximate surface area is 180 Å². The minimum Gasteiger partial charge on any atom is -0.497 e. The first-order chi connectivity index (χ1) is 14.7. The van der Waals surface area contributed by atoms with Crippen LogP contribution < -0.4 is 20.1 Å². The lowest BCUT2D eigenvalue weighted by Gasteiger charge is -2.29. The van der Waals surface area contributed by atoms with Crippen LogP contribution in [-0.4, -0.2) is 58.3 Å². The van der Waals surface area contributed by atoms with E-state index in [9.17, 15) is 0 Å². The van der Waals surface area contributed by atoms with Crippen LogP contribution in [0.4, 0.5) is 0 Å². The molecule has 162 valence electrons. The fourth-order valence-electron chi connectivity index (χ4n) is 3.87. The van der Waals surface area contributed by atoms with Crippen molar-refractivity contribution < 1.29 is 9.47 Å². The highest BCUT2D eigenvalue weighted by Crippen LogP contribution is 2.26. The van der Waals surface area contributed by atoms with Gasteiger partial charge in [-0.1, -0.05) is 24.3 Å². The van der Waals surface area contributed by atoms with Crippen LogP contribution in [0.1, 0.15) is 30.0 Å². The molecule has 6 heteroatoms. The van der Waals surface area contributed by atoms with E-state index in [1.165, 1.54) is 24.0 Å². The van der Waals surface area contributed by atoms with Gasteiger partial charge in [-0.3, -0.25) is 9.89 Å². The van der Waals surface area contributed by atoms with E-state index in [1.54, 1.807) is 14.2 Å². The maximum absolute atomic E-state index is 5.32. The van der Waals surface area contributed by atoms with Gasteiger partial charge in [-0.2, -0.15) is 0 Å². The predicted octanol–water partition coefficient (Wildman–Crippen LogP) is 3.25. The number of hydrogen-bond donors (Lipinski definition) is 2. The standard InChI is InChI=1S/C24H34N4O2/c1-25-24(26-15-14-19-6-10-21(29-2)11-7-19)27-18-23(28-16-4-5-17-28)20-8-12-22(30-3)13-9-20/h6-13,23H,4-5,14-18H2,1-3H3,(H2,25,26,27). The number of rotatable bonds is 9. The average molecular weight is 411 g/mol. The van der Waals surface area contributed by atoms with Crippen molar-refractivity contribution in [1.29, 1.82) is 0 Å². The minimum absolute atomic E-state index is 0.318. The second kappa shape index (κ2) is 11.5. The maximum atomic E-state index is 5.32. The molecule has 1 aliphatic heterocycles. The molecule has 0 radical (unpaired) electrons. The number of nitrogens with one attached hydrogen (secondary N) is 2. The van der Waals surface area contributed by atoms with Crippen molar-refractivity contribution in [1.82, 2.24) is 15.5 Å². The molecule has 2 aromatic carbocycles. The largest absolute Gasteiger partial charge is 0.497 e. The van der Waals surface area contributed by atoms with Crippen molar-refractivity contribution in [3.05, 3.63) is 59.7 Å². The summed E-state index contributed by atoms with van der Waals surface area (Å²) in [7, 11) is 5.21. The number of likely N-dealkylation sites (tertiary alicyclic amines) is 1. The van der Waals surface area contributed by atoms with Crippen molar-refractivity contribution in [2.75, 3.05) is 47.4 Å². The summed E-state index contributed by atoms with van der Waals surface area (Å²) in [6, 6.07) is 16.9. The van der Waals surface area contributed by atoms with Gasteiger partial charge in [-0.25, -0.2) is 0 Å². The van der Waals surface area contributed by atoms with Crippen LogP contribution in [0.25, 0.3) is 0 Å². The van der Waals surface area contributed by atoms with E-state index in [0.717, 1.165) is 50.1 Å². The first-order valence-electron chi connectivity index (χ1n) is 10.7. The molecule has 6 nitrogen and oxygen atoms in total. The van der Waals surface area contributed by atoms with Crippen molar-refractivity contribution in [3.8, 4) is 11.5 Å². The normalized spacial score (nSPS) is 15.6. The molecule has 1 aliphatic rings. The summed E-state index contributed by atoms with van der Waals surface area (Å²) in [6.45, 7) is 3.92. The third-order valence-electron chi connectivity index (χ3n) is 5.63. The molecule has 0 amide bonds. The van der Waals surface area contributed by atoms with E-state index in [0.29, 0.717) is 6.04 Å². The molecule has 0 saturated carbocycles. The van der Waals surface area contributed by atoms with Crippen LogP contribution in [0.3, 0.4) is 0 Å². The second-order valence-electron chi connectivity index (χ2n) is 7.51. The zero-order valence-electron chi connectivity index (χ0n) is 18.4. The molecular weight excluding hydrogens is 376 g/mol. The summed E-state index contributed by atoms with van der Waals surface area (Å²) < 4.78 is 10.5. The first kappa shape index (κ1) is 22.0. The highest BCUT2D eigenvalue weighted by Gasteiger charge is 2.23. The monoisotopic (exact) mass is 410 g/mol. The van der Waals surface area contributed by atoms with Crippen molar-refractivity contribution in [2.45, 2.75) is 25.3 Å². The number of guanidine groups is 1. The quantitative estimate of drug-likeness (QED) is 0.491. The molecule has 3 rings (SSSR count). The molecule has 0 aliphatic carbocycles. The number of methoxy groups -OCH3 is 2. The van der Waals surface area contributed by atoms with Crippen LogP contribution in [-0.2, 0) is 6.42 Å². The molecule has 0 bridgehead atoms. The Balaban J connectivity index is 1.54. The molecular formula is C24H34N4O2. The van der Waals surface area contributed by atoms with Gasteiger partial charge in [0.15, 0.2) is 5.96 Å². The fraction of sp³-hybridized carbons (Fsp3) is 0.458. The van der Waals surface area contributed by atoms with Crippen molar-refractivity contribution >= 4 is 5.96 Å². The van der Waals surface area contributed by atoms with Gasteiger partial charge < -0.3 is 20.1 Å². The van der Waals surface area contributed by atoms with E-state index < -0.39 is 0 Å². The van der Waals surface area contributed by atoms with E-state index in [1.807, 2.05) is 31.3 Å². The lowest BCUT2D eigenvalue weighted by molar-refractivity contribution is 0.245. The maximum Gasteiger partial charge on any atom is 0.191 e. The van der Waals surface area contributed by atoms with Crippen LogP contribution in [0.15, 0.2) is 53.5 Å². The summed E-state index contributed by atoms with van der Waals surface area (Å²) in [5.41, 5.74) is 2.57. The summed E-state index contributed by atoms with van der Waals surface area (Å²) in [5, 5.41) is 6.96. The Hall–Kier alpha value is -2.73. The van der Waals surface area contributed by atoms with Gasteiger partial charge >= 0.3 is 0 Å². The van der Waals surface area contributed by atoms with Gasteiger partial charge in [0.1, 0.15) is 11.5 Å². The second-order valence-corrected chi connectivity index (χ2v) is 7.51. The molecule has 30 heavy (non-hydrogen) atoms. The highest BCUT2D eigenvalue weighted by molar-refractivity contribution is 5.79. The van der Waals surface area contributed by atoms with E-state index in [-0.39, 0.29) is 0 Å². The predicted molar refractivity (Wildman–Crippen MR) is 123 cm³/mol. The fourth-order valence-corrected chi connectivity index (χ4v) is 3.87. The number of ether oxygens (including phenoxy) is 2. The Morgan fingerprint density at radius 1 is 0.933 bits per heavy atom. The van der Waals surface area contributed by atoms with Crippen LogP contribution in [0.5, 0.6) is 11.5 Å². The summed E-state index contributed by atoms with van der Waals surface area (Å²) >= 11 is 0. The minimum atomic E-state index is 0.318. The van der Waals surface area contributed by atoms with Crippen molar-refractivity contribution in [2.24, 2.45) is 4.99 Å². The van der Waals surface area contributed by atoms with Gasteiger partial charge in [-0.15, -0.1) is 0 Å². The molecule has 1 atom stereocenters. The molecule has 1 heterocycles. The average Bonchev–Trinajstić information content (AvgIpc) is 3.33. The van der Waals surface area contributed by atoms with Crippen molar-refractivity contribution in [3.63, 3.8) is 0 Å². The number of nitrogens with zero attached hydrogens (tertiary/aromatic N) is 2. The molecule has 1 unspecified atom stereocenters. The lowest BCUT2D eigenvalue weighted by Crippen LogP contribution is -2.43. The lowest BCUT2D eigenvalue weighted by atomic mass is 10.1. The summed E-state index contributed by atoms with van der Waals surface area (Å²) in [4.78, 5) is 6.96. The molecule has 2 aromatic rings. The molecule has 1 fully saturated rings. The Kier molecular flexibility index (Phi) is 8.39. The number of hydrogen-bond acceptors (Lipinski definition) is 4. The van der Waals surface area contributed by atoms with Gasteiger partial charge in [-0.05, 0) is 67.7 Å². The van der Waals surface area contributed by atoms with Crippen LogP contribution in [0, 0.1) is 0 Å². The van der Waals surface area contributed by atoms with Gasteiger partial charge in [0.25, 0.3) is 0 Å². The zero-order chi connectivity index (χ0) is 21.2. The van der Waals surface area contributed by atoms with Crippen LogP contribution in [0.2, 0.25) is 0 Å². The van der Waals surface area contributed by atoms with Gasteiger partial charge in [0.05, 0.1) is 20.3 Å². The van der Waals surface area contributed by atoms with E-state index >= 15 is 0 Å². The highest BCUT2D eigenvalue weighted by atomic mass is 16.5. The van der Waals surface area contributed by atoms with E-state index in [2.05, 4.69) is 44.8 Å². The third kappa shape index (κ3) is 6.13. The van der Waals surface area contributed by atoms with E-state index in [4.69, 9.17) is 9.47 Å². The Bertz CT molecular complexity index is 784. The third-order valence-corrected chi connectivity index (χ3v) is 5.63.